The summed E-state index contributed by atoms with van der Waals surface area (Å²) < 4.78 is 2.00. The number of rotatable bonds is 4. The summed E-state index contributed by atoms with van der Waals surface area (Å²) in [7, 11) is 0. The van der Waals surface area contributed by atoms with Crippen molar-refractivity contribution in [2.45, 2.75) is 19.9 Å². The Labute approximate surface area is 133 Å². The fourth-order valence-electron chi connectivity index (χ4n) is 1.97. The van der Waals surface area contributed by atoms with Crippen molar-refractivity contribution < 1.29 is 4.92 Å². The summed E-state index contributed by atoms with van der Waals surface area (Å²) >= 11 is 8.97. The van der Waals surface area contributed by atoms with Gasteiger partial charge < -0.3 is 0 Å². The Bertz CT molecular complexity index is 761. The van der Waals surface area contributed by atoms with Crippen molar-refractivity contribution in [2.24, 2.45) is 0 Å². The number of nitro benzene ring substituents is 1. The maximum atomic E-state index is 12.0. The Balaban J connectivity index is 2.53. The third kappa shape index (κ3) is 3.48. The molecule has 0 atom stereocenters. The molecule has 21 heavy (non-hydrogen) atoms. The Morgan fingerprint density at radius 2 is 2.14 bits per heavy atom. The third-order valence-corrected chi connectivity index (χ3v) is 3.63. The number of benzene rings is 1. The fraction of sp³-hybridized carbons (Fsp3) is 0.231. The third-order valence-electron chi connectivity index (χ3n) is 2.94. The molecule has 6 nitrogen and oxygen atoms in total. The molecule has 0 saturated heterocycles. The first kappa shape index (κ1) is 15.7. The van der Waals surface area contributed by atoms with Crippen LogP contribution in [0.25, 0.3) is 0 Å². The van der Waals surface area contributed by atoms with E-state index in [9.17, 15) is 14.9 Å². The van der Waals surface area contributed by atoms with E-state index in [1.165, 1.54) is 16.7 Å². The van der Waals surface area contributed by atoms with E-state index in [2.05, 4.69) is 20.9 Å². The van der Waals surface area contributed by atoms with E-state index in [1.807, 2.05) is 6.92 Å². The number of hydrogen-bond donors (Lipinski definition) is 0. The Morgan fingerprint density at radius 3 is 2.76 bits per heavy atom. The van der Waals surface area contributed by atoms with Crippen molar-refractivity contribution in [1.29, 1.82) is 0 Å². The van der Waals surface area contributed by atoms with Crippen molar-refractivity contribution in [3.8, 4) is 0 Å². The summed E-state index contributed by atoms with van der Waals surface area (Å²) in [6.07, 6.45) is 0.500. The van der Waals surface area contributed by atoms with Gasteiger partial charge in [-0.1, -0.05) is 34.5 Å². The molecule has 1 heterocycles. The number of nitro groups is 1. The van der Waals surface area contributed by atoms with E-state index in [0.29, 0.717) is 22.3 Å². The zero-order valence-corrected chi connectivity index (χ0v) is 13.4. The lowest BCUT2D eigenvalue weighted by atomic mass is 10.1. The van der Waals surface area contributed by atoms with Crippen LogP contribution in [0.2, 0.25) is 5.15 Å². The number of hydrogen-bond acceptors (Lipinski definition) is 4. The topological polar surface area (TPSA) is 78.0 Å². The van der Waals surface area contributed by atoms with Crippen LogP contribution in [0.1, 0.15) is 18.3 Å². The molecular formula is C13H11BrClN3O3. The molecule has 8 heteroatoms. The summed E-state index contributed by atoms with van der Waals surface area (Å²) in [6.45, 7) is 1.92. The first-order valence-corrected chi connectivity index (χ1v) is 7.28. The van der Waals surface area contributed by atoms with Gasteiger partial charge in [0.2, 0.25) is 0 Å². The number of aromatic nitrogens is 2. The van der Waals surface area contributed by atoms with Gasteiger partial charge in [0.1, 0.15) is 11.0 Å². The molecule has 0 unspecified atom stereocenters. The van der Waals surface area contributed by atoms with Crippen LogP contribution >= 0.6 is 27.5 Å². The van der Waals surface area contributed by atoms with Crippen molar-refractivity contribution in [3.05, 3.63) is 65.7 Å². The molecule has 2 rings (SSSR count). The summed E-state index contributed by atoms with van der Waals surface area (Å²) in [5, 5.41) is 11.2. The Hall–Kier alpha value is -1.73. The van der Waals surface area contributed by atoms with Crippen LogP contribution in [-0.2, 0) is 13.0 Å². The highest BCUT2D eigenvalue weighted by atomic mass is 79.9. The lowest BCUT2D eigenvalue weighted by molar-refractivity contribution is -0.385. The van der Waals surface area contributed by atoms with Gasteiger partial charge in [0.15, 0.2) is 0 Å². The van der Waals surface area contributed by atoms with Gasteiger partial charge in [-0.05, 0) is 12.1 Å². The maximum absolute atomic E-state index is 12.0. The summed E-state index contributed by atoms with van der Waals surface area (Å²) in [5.41, 5.74) is 0.0569. The van der Waals surface area contributed by atoms with Crippen molar-refractivity contribution in [2.75, 3.05) is 0 Å². The molecule has 1 aromatic heterocycles. The van der Waals surface area contributed by atoms with Gasteiger partial charge in [0.25, 0.3) is 11.2 Å². The molecule has 0 aliphatic rings. The molecule has 0 fully saturated rings. The molecular weight excluding hydrogens is 362 g/mol. The van der Waals surface area contributed by atoms with Gasteiger partial charge in [-0.2, -0.15) is 0 Å². The molecule has 2 aromatic rings. The van der Waals surface area contributed by atoms with Crippen molar-refractivity contribution >= 4 is 33.2 Å². The van der Waals surface area contributed by atoms with Gasteiger partial charge in [-0.3, -0.25) is 19.5 Å². The minimum atomic E-state index is -0.472. The standard InChI is InChI=1S/C13H11BrClN3O3/c1-2-12-16-11(15)6-13(19)17(12)7-8-3-4-9(14)5-10(8)18(20)21/h3-6H,2,7H2,1H3. The second-order valence-corrected chi connectivity index (χ2v) is 5.61. The van der Waals surface area contributed by atoms with Crippen molar-refractivity contribution in [1.82, 2.24) is 9.55 Å². The molecule has 0 spiro atoms. The predicted octanol–water partition coefficient (Wildman–Crippen LogP) is 3.18. The normalized spacial score (nSPS) is 10.6. The summed E-state index contributed by atoms with van der Waals surface area (Å²) in [4.78, 5) is 26.8. The van der Waals surface area contributed by atoms with E-state index >= 15 is 0 Å². The van der Waals surface area contributed by atoms with Gasteiger partial charge in [0.05, 0.1) is 11.5 Å². The highest BCUT2D eigenvalue weighted by Gasteiger charge is 2.16. The van der Waals surface area contributed by atoms with Gasteiger partial charge in [-0.25, -0.2) is 4.98 Å². The molecule has 1 aromatic carbocycles. The van der Waals surface area contributed by atoms with Gasteiger partial charge >= 0.3 is 0 Å². The molecule has 0 bridgehead atoms. The summed E-state index contributed by atoms with van der Waals surface area (Å²) in [6, 6.07) is 5.92. The summed E-state index contributed by atoms with van der Waals surface area (Å²) in [5.74, 6) is 0.490. The molecule has 0 radical (unpaired) electrons. The smallest absolute Gasteiger partial charge is 0.275 e. The highest BCUT2D eigenvalue weighted by Crippen LogP contribution is 2.24. The van der Waals surface area contributed by atoms with E-state index in [0.717, 1.165) is 0 Å². The van der Waals surface area contributed by atoms with Crippen molar-refractivity contribution in [3.63, 3.8) is 0 Å². The first-order valence-electron chi connectivity index (χ1n) is 6.11. The second kappa shape index (κ2) is 6.36. The van der Waals surface area contributed by atoms with Gasteiger partial charge in [-0.15, -0.1) is 0 Å². The molecule has 0 amide bonds. The number of aryl methyl sites for hydroxylation is 1. The Kier molecular flexibility index (Phi) is 4.74. The molecule has 0 aliphatic carbocycles. The highest BCUT2D eigenvalue weighted by molar-refractivity contribution is 9.10. The number of halogens is 2. The Morgan fingerprint density at radius 1 is 1.43 bits per heavy atom. The van der Waals surface area contributed by atoms with E-state index < -0.39 is 4.92 Å². The minimum absolute atomic E-state index is 0.0479. The van der Waals surface area contributed by atoms with Gasteiger partial charge in [0, 0.05) is 28.6 Å². The van der Waals surface area contributed by atoms with Crippen LogP contribution in [0.4, 0.5) is 5.69 Å². The molecule has 0 saturated carbocycles. The monoisotopic (exact) mass is 371 g/mol. The van der Waals surface area contributed by atoms with E-state index in [-0.39, 0.29) is 22.9 Å². The zero-order chi connectivity index (χ0) is 15.6. The van der Waals surface area contributed by atoms with Crippen LogP contribution in [0.15, 0.2) is 33.5 Å². The largest absolute Gasteiger partial charge is 0.292 e. The van der Waals surface area contributed by atoms with Crippen LogP contribution in [0.5, 0.6) is 0 Å². The zero-order valence-electron chi connectivity index (χ0n) is 11.0. The maximum Gasteiger partial charge on any atom is 0.275 e. The fourth-order valence-corrected chi connectivity index (χ4v) is 2.51. The average Bonchev–Trinajstić information content (AvgIpc) is 2.42. The van der Waals surface area contributed by atoms with Crippen LogP contribution in [0, 0.1) is 10.1 Å². The predicted molar refractivity (Wildman–Crippen MR) is 82.8 cm³/mol. The lowest BCUT2D eigenvalue weighted by Crippen LogP contribution is -2.25. The SMILES string of the molecule is CCc1nc(Cl)cc(=O)n1Cc1ccc(Br)cc1[N+](=O)[O-]. The molecule has 0 N–H and O–H groups in total. The minimum Gasteiger partial charge on any atom is -0.292 e. The van der Waals surface area contributed by atoms with Crippen LogP contribution in [-0.4, -0.2) is 14.5 Å². The van der Waals surface area contributed by atoms with Crippen LogP contribution < -0.4 is 5.56 Å². The number of nitrogens with zero attached hydrogens (tertiary/aromatic N) is 3. The second-order valence-electron chi connectivity index (χ2n) is 4.30. The van der Waals surface area contributed by atoms with E-state index in [4.69, 9.17) is 11.6 Å². The first-order chi connectivity index (χ1) is 9.92. The van der Waals surface area contributed by atoms with E-state index in [1.54, 1.807) is 12.1 Å². The quantitative estimate of drug-likeness (QED) is 0.469. The lowest BCUT2D eigenvalue weighted by Gasteiger charge is -2.11. The molecule has 110 valence electrons. The molecule has 0 aliphatic heterocycles. The van der Waals surface area contributed by atoms with Crippen LogP contribution in [0.3, 0.4) is 0 Å². The average molecular weight is 373 g/mol.